The van der Waals surface area contributed by atoms with Gasteiger partial charge in [-0.2, -0.15) is 0 Å². The number of hydrogen-bond donors (Lipinski definition) is 1. The third-order valence-electron chi connectivity index (χ3n) is 2.13. The van der Waals surface area contributed by atoms with Gasteiger partial charge in [-0.3, -0.25) is 0 Å². The lowest BCUT2D eigenvalue weighted by molar-refractivity contribution is 0.0686. The van der Waals surface area contributed by atoms with Crippen molar-refractivity contribution in [2.45, 2.75) is 19.4 Å². The second kappa shape index (κ2) is 4.79. The Balaban J connectivity index is 3.19. The fraction of sp³-hybridized carbons (Fsp3) is 0.308. The average Bonchev–Trinajstić information content (AvgIpc) is 2.28. The van der Waals surface area contributed by atoms with Crippen molar-refractivity contribution in [3.8, 4) is 23.8 Å². The van der Waals surface area contributed by atoms with Crippen LogP contribution in [-0.4, -0.2) is 23.8 Å². The number of hydrogen-bond acceptors (Lipinski definition) is 3. The van der Waals surface area contributed by atoms with Crippen molar-refractivity contribution in [1.82, 2.24) is 0 Å². The minimum atomic E-state index is -1.07. The van der Waals surface area contributed by atoms with Crippen LogP contribution in [0.3, 0.4) is 0 Å². The summed E-state index contributed by atoms with van der Waals surface area (Å²) < 4.78 is 10.5. The van der Waals surface area contributed by atoms with E-state index in [9.17, 15) is 4.79 Å². The van der Waals surface area contributed by atoms with Crippen molar-refractivity contribution >= 4 is 5.97 Å². The SMILES string of the molecule is C#CC(C)(C)Oc1cc(OC)ccc1C(=O)O. The van der Waals surface area contributed by atoms with E-state index < -0.39 is 11.6 Å². The van der Waals surface area contributed by atoms with E-state index >= 15 is 0 Å². The Morgan fingerprint density at radius 1 is 1.47 bits per heavy atom. The highest BCUT2D eigenvalue weighted by molar-refractivity contribution is 5.91. The van der Waals surface area contributed by atoms with Gasteiger partial charge in [-0.25, -0.2) is 4.79 Å². The molecule has 1 aromatic rings. The minimum Gasteiger partial charge on any atom is -0.497 e. The number of ether oxygens (including phenoxy) is 2. The molecule has 90 valence electrons. The molecule has 1 aromatic carbocycles. The van der Waals surface area contributed by atoms with E-state index in [4.69, 9.17) is 21.0 Å². The molecular weight excluding hydrogens is 220 g/mol. The summed E-state index contributed by atoms with van der Waals surface area (Å²) in [6, 6.07) is 4.48. The van der Waals surface area contributed by atoms with E-state index in [1.807, 2.05) is 0 Å². The summed E-state index contributed by atoms with van der Waals surface area (Å²) in [5.74, 6) is 2.07. The summed E-state index contributed by atoms with van der Waals surface area (Å²) in [4.78, 5) is 11.0. The molecule has 0 radical (unpaired) electrons. The maximum atomic E-state index is 11.0. The number of aromatic carboxylic acids is 1. The Hall–Kier alpha value is -2.15. The highest BCUT2D eigenvalue weighted by atomic mass is 16.5. The lowest BCUT2D eigenvalue weighted by atomic mass is 10.1. The van der Waals surface area contributed by atoms with Gasteiger partial charge in [0.25, 0.3) is 0 Å². The fourth-order valence-electron chi connectivity index (χ4n) is 1.20. The van der Waals surface area contributed by atoms with Gasteiger partial charge in [-0.05, 0) is 26.0 Å². The third-order valence-corrected chi connectivity index (χ3v) is 2.13. The molecular formula is C13H14O4. The topological polar surface area (TPSA) is 55.8 Å². The molecule has 4 heteroatoms. The summed E-state index contributed by atoms with van der Waals surface area (Å²) in [7, 11) is 1.49. The monoisotopic (exact) mass is 234 g/mol. The number of terminal acetylenes is 1. The molecule has 0 aliphatic heterocycles. The molecule has 0 aliphatic carbocycles. The Morgan fingerprint density at radius 3 is 2.59 bits per heavy atom. The molecule has 0 fully saturated rings. The van der Waals surface area contributed by atoms with Crippen LogP contribution in [0.25, 0.3) is 0 Å². The molecule has 17 heavy (non-hydrogen) atoms. The maximum Gasteiger partial charge on any atom is 0.339 e. The van der Waals surface area contributed by atoms with E-state index in [1.165, 1.54) is 19.2 Å². The predicted octanol–water partition coefficient (Wildman–Crippen LogP) is 2.18. The van der Waals surface area contributed by atoms with E-state index in [0.717, 1.165) is 0 Å². The Bertz CT molecular complexity index is 469. The standard InChI is InChI=1S/C13H14O4/c1-5-13(2,3)17-11-8-9(16-4)6-7-10(11)12(14)15/h1,6-8H,2-4H3,(H,14,15). The van der Waals surface area contributed by atoms with Crippen LogP contribution < -0.4 is 9.47 Å². The molecule has 0 amide bonds. The Morgan fingerprint density at radius 2 is 2.12 bits per heavy atom. The number of methoxy groups -OCH3 is 1. The van der Waals surface area contributed by atoms with Crippen molar-refractivity contribution in [2.75, 3.05) is 7.11 Å². The minimum absolute atomic E-state index is 0.0501. The van der Waals surface area contributed by atoms with Gasteiger partial charge in [0.05, 0.1) is 7.11 Å². The first-order valence-corrected chi connectivity index (χ1v) is 4.98. The molecule has 0 bridgehead atoms. The lowest BCUT2D eigenvalue weighted by Gasteiger charge is -2.21. The van der Waals surface area contributed by atoms with E-state index in [0.29, 0.717) is 5.75 Å². The summed E-state index contributed by atoms with van der Waals surface area (Å²) in [5, 5.41) is 9.03. The predicted molar refractivity (Wildman–Crippen MR) is 63.5 cm³/mol. The van der Waals surface area contributed by atoms with Crippen LogP contribution in [0.15, 0.2) is 18.2 Å². The van der Waals surface area contributed by atoms with E-state index in [-0.39, 0.29) is 11.3 Å². The highest BCUT2D eigenvalue weighted by Crippen LogP contribution is 2.28. The van der Waals surface area contributed by atoms with Crippen LogP contribution in [0.2, 0.25) is 0 Å². The van der Waals surface area contributed by atoms with Gasteiger partial charge >= 0.3 is 5.97 Å². The van der Waals surface area contributed by atoms with Gasteiger partial charge in [-0.15, -0.1) is 6.42 Å². The van der Waals surface area contributed by atoms with E-state index in [2.05, 4.69) is 5.92 Å². The van der Waals surface area contributed by atoms with Crippen molar-refractivity contribution in [1.29, 1.82) is 0 Å². The summed E-state index contributed by atoms with van der Waals surface area (Å²) in [6.07, 6.45) is 5.30. The van der Waals surface area contributed by atoms with Crippen molar-refractivity contribution in [3.05, 3.63) is 23.8 Å². The van der Waals surface area contributed by atoms with Crippen molar-refractivity contribution in [2.24, 2.45) is 0 Å². The molecule has 0 saturated carbocycles. The van der Waals surface area contributed by atoms with Gasteiger partial charge in [0.1, 0.15) is 17.1 Å². The molecule has 1 rings (SSSR count). The first-order valence-electron chi connectivity index (χ1n) is 4.98. The smallest absolute Gasteiger partial charge is 0.339 e. The van der Waals surface area contributed by atoms with Gasteiger partial charge in [0.2, 0.25) is 0 Å². The van der Waals surface area contributed by atoms with Crippen molar-refractivity contribution in [3.63, 3.8) is 0 Å². The Labute approximate surface area is 100 Å². The molecule has 0 aliphatic rings. The first-order chi connectivity index (χ1) is 7.89. The molecule has 0 heterocycles. The van der Waals surface area contributed by atoms with Gasteiger partial charge in [-0.1, -0.05) is 5.92 Å². The zero-order valence-corrected chi connectivity index (χ0v) is 9.98. The number of benzene rings is 1. The summed E-state index contributed by atoms with van der Waals surface area (Å²) >= 11 is 0. The molecule has 0 spiro atoms. The average molecular weight is 234 g/mol. The van der Waals surface area contributed by atoms with Crippen LogP contribution in [0.5, 0.6) is 11.5 Å². The fourth-order valence-corrected chi connectivity index (χ4v) is 1.20. The van der Waals surface area contributed by atoms with Crippen molar-refractivity contribution < 1.29 is 19.4 Å². The molecule has 0 saturated heterocycles. The number of carboxylic acids is 1. The lowest BCUT2D eigenvalue weighted by Crippen LogP contribution is -2.26. The van der Waals surface area contributed by atoms with E-state index in [1.54, 1.807) is 19.9 Å². The molecule has 4 nitrogen and oxygen atoms in total. The third kappa shape index (κ3) is 3.15. The Kier molecular flexibility index (Phi) is 3.64. The zero-order valence-electron chi connectivity index (χ0n) is 9.98. The van der Waals surface area contributed by atoms with Crippen LogP contribution in [0.4, 0.5) is 0 Å². The summed E-state index contributed by atoms with van der Waals surface area (Å²) in [6.45, 7) is 3.36. The van der Waals surface area contributed by atoms with Crippen LogP contribution in [-0.2, 0) is 0 Å². The molecule has 1 N–H and O–H groups in total. The zero-order chi connectivity index (χ0) is 13.1. The van der Waals surface area contributed by atoms with Gasteiger partial charge < -0.3 is 14.6 Å². The first kappa shape index (κ1) is 12.9. The number of carbonyl (C=O) groups is 1. The quantitative estimate of drug-likeness (QED) is 0.811. The van der Waals surface area contributed by atoms with Crippen LogP contribution >= 0.6 is 0 Å². The summed E-state index contributed by atoms with van der Waals surface area (Å²) in [5.41, 5.74) is -0.828. The maximum absolute atomic E-state index is 11.0. The number of rotatable bonds is 4. The number of carboxylic acid groups (broad SMARTS) is 1. The van der Waals surface area contributed by atoms with Gasteiger partial charge in [0, 0.05) is 6.07 Å². The van der Waals surface area contributed by atoms with Crippen LogP contribution in [0.1, 0.15) is 24.2 Å². The largest absolute Gasteiger partial charge is 0.497 e. The molecule has 0 atom stereocenters. The highest BCUT2D eigenvalue weighted by Gasteiger charge is 2.20. The molecule has 0 aromatic heterocycles. The molecule has 0 unspecified atom stereocenters. The van der Waals surface area contributed by atoms with Gasteiger partial charge in [0.15, 0.2) is 5.60 Å². The van der Waals surface area contributed by atoms with Crippen LogP contribution in [0, 0.1) is 12.3 Å². The second-order valence-electron chi connectivity index (χ2n) is 3.92. The normalized spacial score (nSPS) is 10.5. The second-order valence-corrected chi connectivity index (χ2v) is 3.92.